The Morgan fingerprint density at radius 3 is 2.41 bits per heavy atom. The molecule has 0 bridgehead atoms. The van der Waals surface area contributed by atoms with Crippen LogP contribution in [0.3, 0.4) is 0 Å². The monoisotopic (exact) mass is 435 g/mol. The summed E-state index contributed by atoms with van der Waals surface area (Å²) in [7, 11) is 0. The van der Waals surface area contributed by atoms with Crippen LogP contribution in [0.25, 0.3) is 0 Å². The standard InChI is InChI=1S/C25H29N3O4/c29-23(22-9-18-3-1-2-4-19(18)10-26-22)11-27-24(30)16-5-7-17(8-6-16)25(31)28-12-20-14-32-15-21(20)13-28/h1-8,20-23,26,29H,9-15H2,(H,27,30)/t20-,21+,22-,23?/m0/s1. The van der Waals surface area contributed by atoms with Crippen molar-refractivity contribution in [2.75, 3.05) is 32.8 Å². The van der Waals surface area contributed by atoms with Crippen molar-refractivity contribution < 1.29 is 19.4 Å². The predicted molar refractivity (Wildman–Crippen MR) is 119 cm³/mol. The molecule has 2 saturated heterocycles. The molecule has 2 fully saturated rings. The highest BCUT2D eigenvalue weighted by Crippen LogP contribution is 2.30. The van der Waals surface area contributed by atoms with Crippen molar-refractivity contribution in [2.45, 2.75) is 25.1 Å². The molecule has 7 heteroatoms. The number of amides is 2. The zero-order chi connectivity index (χ0) is 22.1. The number of nitrogens with zero attached hydrogens (tertiary/aromatic N) is 1. The summed E-state index contributed by atoms with van der Waals surface area (Å²) < 4.78 is 5.48. The van der Waals surface area contributed by atoms with Crippen molar-refractivity contribution in [1.29, 1.82) is 0 Å². The van der Waals surface area contributed by atoms with Crippen LogP contribution in [0.5, 0.6) is 0 Å². The van der Waals surface area contributed by atoms with Gasteiger partial charge >= 0.3 is 0 Å². The van der Waals surface area contributed by atoms with E-state index in [0.29, 0.717) is 29.5 Å². The topological polar surface area (TPSA) is 90.9 Å². The highest BCUT2D eigenvalue weighted by molar-refractivity contribution is 5.98. The van der Waals surface area contributed by atoms with Gasteiger partial charge in [0.05, 0.1) is 19.3 Å². The largest absolute Gasteiger partial charge is 0.390 e. The van der Waals surface area contributed by atoms with Gasteiger partial charge in [-0.3, -0.25) is 9.59 Å². The Bertz CT molecular complexity index is 981. The van der Waals surface area contributed by atoms with Gasteiger partial charge in [-0.05, 0) is 41.8 Å². The molecule has 2 amide bonds. The minimum absolute atomic E-state index is 0.00503. The van der Waals surface area contributed by atoms with E-state index in [1.165, 1.54) is 11.1 Å². The zero-order valence-corrected chi connectivity index (χ0v) is 18.0. The Morgan fingerprint density at radius 1 is 1.03 bits per heavy atom. The Labute approximate surface area is 187 Å². The van der Waals surface area contributed by atoms with Gasteiger partial charge in [0.15, 0.2) is 0 Å². The van der Waals surface area contributed by atoms with Crippen molar-refractivity contribution >= 4 is 11.8 Å². The number of carbonyl (C=O) groups excluding carboxylic acids is 2. The van der Waals surface area contributed by atoms with Crippen LogP contribution in [0.2, 0.25) is 0 Å². The van der Waals surface area contributed by atoms with E-state index in [0.717, 1.165) is 32.7 Å². The third kappa shape index (κ3) is 4.28. The first-order valence-corrected chi connectivity index (χ1v) is 11.3. The van der Waals surface area contributed by atoms with Gasteiger partial charge in [0.25, 0.3) is 11.8 Å². The molecule has 3 heterocycles. The maximum atomic E-state index is 12.8. The molecule has 168 valence electrons. The lowest BCUT2D eigenvalue weighted by atomic mass is 9.93. The van der Waals surface area contributed by atoms with Crippen molar-refractivity contribution in [1.82, 2.24) is 15.5 Å². The average Bonchev–Trinajstić information content (AvgIpc) is 3.44. The molecule has 1 unspecified atom stereocenters. The number of aliphatic hydroxyl groups excluding tert-OH is 1. The summed E-state index contributed by atoms with van der Waals surface area (Å²) in [6.45, 7) is 3.84. The lowest BCUT2D eigenvalue weighted by molar-refractivity contribution is 0.0750. The van der Waals surface area contributed by atoms with Crippen LogP contribution in [0.15, 0.2) is 48.5 Å². The molecule has 7 nitrogen and oxygen atoms in total. The van der Waals surface area contributed by atoms with E-state index in [2.05, 4.69) is 22.8 Å². The molecule has 4 atom stereocenters. The fourth-order valence-corrected chi connectivity index (χ4v) is 4.99. The maximum absolute atomic E-state index is 12.8. The minimum atomic E-state index is -0.688. The Morgan fingerprint density at radius 2 is 1.69 bits per heavy atom. The predicted octanol–water partition coefficient (Wildman–Crippen LogP) is 1.21. The smallest absolute Gasteiger partial charge is 0.253 e. The lowest BCUT2D eigenvalue weighted by Crippen LogP contribution is -2.49. The fourth-order valence-electron chi connectivity index (χ4n) is 4.99. The number of fused-ring (bicyclic) bond motifs is 2. The first kappa shape index (κ1) is 21.1. The van der Waals surface area contributed by atoms with Crippen LogP contribution in [-0.2, 0) is 17.7 Å². The summed E-state index contributed by atoms with van der Waals surface area (Å²) in [6, 6.07) is 14.8. The average molecular weight is 436 g/mol. The van der Waals surface area contributed by atoms with Crippen LogP contribution in [-0.4, -0.2) is 66.8 Å². The van der Waals surface area contributed by atoms with Gasteiger partial charge in [-0.25, -0.2) is 0 Å². The molecular formula is C25H29N3O4. The Hall–Kier alpha value is -2.74. The maximum Gasteiger partial charge on any atom is 0.253 e. The van der Waals surface area contributed by atoms with Crippen molar-refractivity contribution in [3.05, 3.63) is 70.8 Å². The van der Waals surface area contributed by atoms with Gasteiger partial charge < -0.3 is 25.4 Å². The van der Waals surface area contributed by atoms with E-state index in [4.69, 9.17) is 4.74 Å². The highest BCUT2D eigenvalue weighted by atomic mass is 16.5. The van der Waals surface area contributed by atoms with E-state index in [9.17, 15) is 14.7 Å². The first-order chi connectivity index (χ1) is 15.6. The Kier molecular flexibility index (Phi) is 5.95. The van der Waals surface area contributed by atoms with E-state index >= 15 is 0 Å². The molecule has 0 spiro atoms. The van der Waals surface area contributed by atoms with E-state index in [1.807, 2.05) is 17.0 Å². The quantitative estimate of drug-likeness (QED) is 0.657. The van der Waals surface area contributed by atoms with Crippen LogP contribution in [0, 0.1) is 11.8 Å². The van der Waals surface area contributed by atoms with E-state index in [1.54, 1.807) is 24.3 Å². The van der Waals surface area contributed by atoms with Gasteiger partial charge in [-0.2, -0.15) is 0 Å². The summed E-state index contributed by atoms with van der Waals surface area (Å²) in [5, 5.41) is 16.7. The molecule has 0 aliphatic carbocycles. The fraction of sp³-hybridized carbons (Fsp3) is 0.440. The van der Waals surface area contributed by atoms with Crippen molar-refractivity contribution in [2.24, 2.45) is 11.8 Å². The van der Waals surface area contributed by atoms with Crippen LogP contribution in [0.1, 0.15) is 31.8 Å². The molecule has 3 aliphatic rings. The SMILES string of the molecule is O=C(NCC(O)[C@@H]1Cc2ccccc2CN1)c1ccc(C(=O)N2C[C@H]3COC[C@H]3C2)cc1. The van der Waals surface area contributed by atoms with Crippen LogP contribution < -0.4 is 10.6 Å². The summed E-state index contributed by atoms with van der Waals surface area (Å²) in [5.74, 6) is 0.641. The molecule has 32 heavy (non-hydrogen) atoms. The van der Waals surface area contributed by atoms with Crippen LogP contribution >= 0.6 is 0 Å². The minimum Gasteiger partial charge on any atom is -0.390 e. The number of benzene rings is 2. The second kappa shape index (κ2) is 9.02. The highest BCUT2D eigenvalue weighted by Gasteiger charge is 2.39. The summed E-state index contributed by atoms with van der Waals surface area (Å²) in [4.78, 5) is 27.2. The number of likely N-dealkylation sites (tertiary alicyclic amines) is 1. The number of ether oxygens (including phenoxy) is 1. The van der Waals surface area contributed by atoms with Gasteiger partial charge in [-0.1, -0.05) is 24.3 Å². The van der Waals surface area contributed by atoms with Crippen LogP contribution in [0.4, 0.5) is 0 Å². The van der Waals surface area contributed by atoms with Gasteiger partial charge in [0.1, 0.15) is 0 Å². The van der Waals surface area contributed by atoms with Gasteiger partial charge in [0.2, 0.25) is 0 Å². The second-order valence-electron chi connectivity index (χ2n) is 9.08. The number of rotatable bonds is 5. The molecular weight excluding hydrogens is 406 g/mol. The lowest BCUT2D eigenvalue weighted by Gasteiger charge is -2.30. The molecule has 0 radical (unpaired) electrons. The van der Waals surface area contributed by atoms with E-state index in [-0.39, 0.29) is 24.4 Å². The molecule has 0 saturated carbocycles. The summed E-state index contributed by atoms with van der Waals surface area (Å²) in [5.41, 5.74) is 3.55. The third-order valence-corrected chi connectivity index (χ3v) is 6.97. The molecule has 0 aromatic heterocycles. The van der Waals surface area contributed by atoms with Crippen molar-refractivity contribution in [3.63, 3.8) is 0 Å². The zero-order valence-electron chi connectivity index (χ0n) is 18.0. The third-order valence-electron chi connectivity index (χ3n) is 6.97. The summed E-state index contributed by atoms with van der Waals surface area (Å²) in [6.07, 6.45) is 0.0423. The normalized spacial score (nSPS) is 25.2. The number of hydrogen-bond donors (Lipinski definition) is 3. The molecule has 3 aliphatic heterocycles. The number of carbonyl (C=O) groups is 2. The molecule has 2 aromatic rings. The first-order valence-electron chi connectivity index (χ1n) is 11.3. The second-order valence-corrected chi connectivity index (χ2v) is 9.08. The summed E-state index contributed by atoms with van der Waals surface area (Å²) >= 11 is 0. The van der Waals surface area contributed by atoms with E-state index < -0.39 is 6.10 Å². The number of nitrogens with one attached hydrogen (secondary N) is 2. The molecule has 3 N–H and O–H groups in total. The molecule has 5 rings (SSSR count). The van der Waals surface area contributed by atoms with Crippen molar-refractivity contribution in [3.8, 4) is 0 Å². The van der Waals surface area contributed by atoms with Gasteiger partial charge in [-0.15, -0.1) is 0 Å². The van der Waals surface area contributed by atoms with Gasteiger partial charge in [0, 0.05) is 55.2 Å². The molecule has 2 aromatic carbocycles. The number of hydrogen-bond acceptors (Lipinski definition) is 5. The number of aliphatic hydroxyl groups is 1. The Balaban J connectivity index is 1.13.